The smallest absolute Gasteiger partial charge is 0.234 e. The minimum absolute atomic E-state index is 0.183. The van der Waals surface area contributed by atoms with Crippen LogP contribution in [0.5, 0.6) is 0 Å². The second kappa shape index (κ2) is 4.28. The van der Waals surface area contributed by atoms with Crippen molar-refractivity contribution in [1.29, 1.82) is 0 Å². The van der Waals surface area contributed by atoms with Gasteiger partial charge in [-0.1, -0.05) is 0 Å². The zero-order chi connectivity index (χ0) is 9.97. The third-order valence-corrected chi connectivity index (χ3v) is 2.94. The molecule has 0 aromatic carbocycles. The van der Waals surface area contributed by atoms with Crippen molar-refractivity contribution in [3.8, 4) is 0 Å². The first-order valence-electron chi connectivity index (χ1n) is 5.51. The fourth-order valence-corrected chi connectivity index (χ4v) is 1.82. The number of nitrogens with two attached hydrogens (primary N) is 1. The molecule has 2 fully saturated rings. The van der Waals surface area contributed by atoms with E-state index in [9.17, 15) is 4.79 Å². The number of nitrogens with zero attached hydrogens (tertiary/aromatic N) is 1. The largest absolute Gasteiger partial charge is 0.352 e. The number of hydrogen-bond donors (Lipinski definition) is 2. The van der Waals surface area contributed by atoms with E-state index in [1.165, 1.54) is 0 Å². The van der Waals surface area contributed by atoms with Gasteiger partial charge in [0, 0.05) is 25.2 Å². The normalized spacial score (nSPS) is 24.9. The first-order chi connectivity index (χ1) is 6.74. The molecule has 1 heterocycles. The van der Waals surface area contributed by atoms with Gasteiger partial charge in [-0.25, -0.2) is 0 Å². The number of nitrogens with one attached hydrogen (secondary N) is 1. The fourth-order valence-electron chi connectivity index (χ4n) is 1.82. The lowest BCUT2D eigenvalue weighted by atomic mass is 10.1. The molecule has 0 aromatic heterocycles. The maximum absolute atomic E-state index is 11.5. The zero-order valence-electron chi connectivity index (χ0n) is 8.54. The highest BCUT2D eigenvalue weighted by molar-refractivity contribution is 5.78. The van der Waals surface area contributed by atoms with E-state index in [2.05, 4.69) is 10.2 Å². The first kappa shape index (κ1) is 9.93. The topological polar surface area (TPSA) is 58.4 Å². The van der Waals surface area contributed by atoms with Crippen molar-refractivity contribution in [1.82, 2.24) is 10.2 Å². The molecule has 14 heavy (non-hydrogen) atoms. The van der Waals surface area contributed by atoms with Crippen LogP contribution in [0, 0.1) is 0 Å². The van der Waals surface area contributed by atoms with Crippen LogP contribution < -0.4 is 11.1 Å². The molecule has 1 aliphatic carbocycles. The van der Waals surface area contributed by atoms with Crippen molar-refractivity contribution < 1.29 is 4.79 Å². The van der Waals surface area contributed by atoms with Crippen LogP contribution >= 0.6 is 0 Å². The molecule has 0 spiro atoms. The minimum atomic E-state index is 0.183. The standard InChI is InChI=1S/C10H19N3O/c11-8-3-5-13(6-4-8)7-10(14)12-9-1-2-9/h8-9H,1-7,11H2,(H,12,14). The van der Waals surface area contributed by atoms with Crippen LogP contribution in [0.25, 0.3) is 0 Å². The second-order valence-corrected chi connectivity index (χ2v) is 4.46. The Labute approximate surface area is 84.8 Å². The molecule has 0 radical (unpaired) electrons. The second-order valence-electron chi connectivity index (χ2n) is 4.46. The minimum Gasteiger partial charge on any atom is -0.352 e. The Hall–Kier alpha value is -0.610. The van der Waals surface area contributed by atoms with Crippen molar-refractivity contribution in [2.75, 3.05) is 19.6 Å². The molecule has 0 unspecified atom stereocenters. The number of carbonyl (C=O) groups excluding carboxylic acids is 1. The summed E-state index contributed by atoms with van der Waals surface area (Å²) < 4.78 is 0. The maximum Gasteiger partial charge on any atom is 0.234 e. The van der Waals surface area contributed by atoms with Gasteiger partial charge in [-0.15, -0.1) is 0 Å². The Morgan fingerprint density at radius 2 is 1.93 bits per heavy atom. The molecule has 1 aliphatic heterocycles. The molecular weight excluding hydrogens is 178 g/mol. The Balaban J connectivity index is 1.66. The van der Waals surface area contributed by atoms with Crippen LogP contribution in [0.3, 0.4) is 0 Å². The summed E-state index contributed by atoms with van der Waals surface area (Å²) in [6, 6.07) is 0.826. The summed E-state index contributed by atoms with van der Waals surface area (Å²) in [5.74, 6) is 0.183. The van der Waals surface area contributed by atoms with E-state index >= 15 is 0 Å². The molecule has 2 rings (SSSR count). The van der Waals surface area contributed by atoms with E-state index in [0.29, 0.717) is 18.6 Å². The van der Waals surface area contributed by atoms with Gasteiger partial charge in [-0.2, -0.15) is 0 Å². The number of piperidine rings is 1. The Bertz CT molecular complexity index is 207. The fraction of sp³-hybridized carbons (Fsp3) is 0.900. The number of amides is 1. The monoisotopic (exact) mass is 197 g/mol. The molecule has 4 nitrogen and oxygen atoms in total. The number of rotatable bonds is 3. The highest BCUT2D eigenvalue weighted by atomic mass is 16.2. The molecule has 1 amide bonds. The summed E-state index contributed by atoms with van der Waals surface area (Å²) in [6.07, 6.45) is 4.38. The number of hydrogen-bond acceptors (Lipinski definition) is 3. The van der Waals surface area contributed by atoms with Crippen LogP contribution in [0.1, 0.15) is 25.7 Å². The van der Waals surface area contributed by atoms with Crippen LogP contribution in [0.2, 0.25) is 0 Å². The van der Waals surface area contributed by atoms with Crippen molar-refractivity contribution in [2.45, 2.75) is 37.8 Å². The molecule has 1 saturated heterocycles. The van der Waals surface area contributed by atoms with E-state index in [0.717, 1.165) is 38.8 Å². The molecule has 3 N–H and O–H groups in total. The molecule has 2 aliphatic rings. The molecule has 0 bridgehead atoms. The summed E-state index contributed by atoms with van der Waals surface area (Å²) in [5.41, 5.74) is 5.79. The average Bonchev–Trinajstić information content (AvgIpc) is 2.93. The Kier molecular flexibility index (Phi) is 3.03. The van der Waals surface area contributed by atoms with Gasteiger partial charge in [0.1, 0.15) is 0 Å². The Morgan fingerprint density at radius 1 is 1.29 bits per heavy atom. The van der Waals surface area contributed by atoms with Gasteiger partial charge in [0.25, 0.3) is 0 Å². The van der Waals surface area contributed by atoms with Crippen molar-refractivity contribution in [3.63, 3.8) is 0 Å². The van der Waals surface area contributed by atoms with Gasteiger partial charge in [-0.05, 0) is 25.7 Å². The molecule has 0 atom stereocenters. The van der Waals surface area contributed by atoms with Gasteiger partial charge in [0.05, 0.1) is 6.54 Å². The van der Waals surface area contributed by atoms with Gasteiger partial charge in [0.2, 0.25) is 5.91 Å². The molecule has 4 heteroatoms. The van der Waals surface area contributed by atoms with Crippen LogP contribution in [0.15, 0.2) is 0 Å². The van der Waals surface area contributed by atoms with E-state index in [-0.39, 0.29) is 5.91 Å². The van der Waals surface area contributed by atoms with Crippen LogP contribution in [-0.2, 0) is 4.79 Å². The lowest BCUT2D eigenvalue weighted by Gasteiger charge is -2.29. The van der Waals surface area contributed by atoms with Gasteiger partial charge >= 0.3 is 0 Å². The van der Waals surface area contributed by atoms with Crippen molar-refractivity contribution in [3.05, 3.63) is 0 Å². The Morgan fingerprint density at radius 3 is 2.50 bits per heavy atom. The van der Waals surface area contributed by atoms with E-state index < -0.39 is 0 Å². The van der Waals surface area contributed by atoms with Crippen molar-refractivity contribution >= 4 is 5.91 Å². The lowest BCUT2D eigenvalue weighted by Crippen LogP contribution is -2.44. The quantitative estimate of drug-likeness (QED) is 0.652. The highest BCUT2D eigenvalue weighted by Crippen LogP contribution is 2.18. The molecule has 80 valence electrons. The van der Waals surface area contributed by atoms with Gasteiger partial charge < -0.3 is 11.1 Å². The third kappa shape index (κ3) is 2.96. The molecule has 0 aromatic rings. The number of carbonyl (C=O) groups is 1. The van der Waals surface area contributed by atoms with E-state index in [1.807, 2.05) is 0 Å². The molecular formula is C10H19N3O. The van der Waals surface area contributed by atoms with Gasteiger partial charge in [0.15, 0.2) is 0 Å². The SMILES string of the molecule is NC1CCN(CC(=O)NC2CC2)CC1. The summed E-state index contributed by atoms with van der Waals surface area (Å²) >= 11 is 0. The average molecular weight is 197 g/mol. The molecule has 1 saturated carbocycles. The summed E-state index contributed by atoms with van der Waals surface area (Å²) in [4.78, 5) is 13.7. The highest BCUT2D eigenvalue weighted by Gasteiger charge is 2.24. The maximum atomic E-state index is 11.5. The predicted octanol–water partition coefficient (Wildman–Crippen LogP) is -0.312. The van der Waals surface area contributed by atoms with Crippen LogP contribution in [0.4, 0.5) is 0 Å². The predicted molar refractivity (Wildman–Crippen MR) is 54.8 cm³/mol. The summed E-state index contributed by atoms with van der Waals surface area (Å²) in [5, 5.41) is 3.00. The third-order valence-electron chi connectivity index (χ3n) is 2.94. The lowest BCUT2D eigenvalue weighted by molar-refractivity contribution is -0.122. The van der Waals surface area contributed by atoms with E-state index in [4.69, 9.17) is 5.73 Å². The first-order valence-corrected chi connectivity index (χ1v) is 5.51. The number of likely N-dealkylation sites (tertiary alicyclic amines) is 1. The zero-order valence-corrected chi connectivity index (χ0v) is 8.54. The van der Waals surface area contributed by atoms with Crippen molar-refractivity contribution in [2.24, 2.45) is 5.73 Å². The van der Waals surface area contributed by atoms with Gasteiger partial charge in [-0.3, -0.25) is 9.69 Å². The summed E-state index contributed by atoms with van der Waals surface area (Å²) in [7, 11) is 0. The van der Waals surface area contributed by atoms with E-state index in [1.54, 1.807) is 0 Å². The van der Waals surface area contributed by atoms with Crippen LogP contribution in [-0.4, -0.2) is 42.5 Å². The summed E-state index contributed by atoms with van der Waals surface area (Å²) in [6.45, 7) is 2.50.